The molecule has 1 aromatic heterocycles. The van der Waals surface area contributed by atoms with E-state index in [-0.39, 0.29) is 18.4 Å². The highest BCUT2D eigenvalue weighted by atomic mass is 16.5. The van der Waals surface area contributed by atoms with Crippen LogP contribution in [0.15, 0.2) is 6.07 Å². The number of ether oxygens (including phenoxy) is 1. The normalized spacial score (nSPS) is 14.9. The summed E-state index contributed by atoms with van der Waals surface area (Å²) in [7, 11) is 5.02. The molecule has 1 aliphatic rings. The lowest BCUT2D eigenvalue weighted by Gasteiger charge is -2.26. The number of carbonyl (C=O) groups is 2. The number of rotatable bonds is 4. The summed E-state index contributed by atoms with van der Waals surface area (Å²) < 4.78 is 6.97. The van der Waals surface area contributed by atoms with E-state index in [4.69, 9.17) is 4.74 Å². The highest BCUT2D eigenvalue weighted by Crippen LogP contribution is 2.14. The lowest BCUT2D eigenvalue weighted by molar-refractivity contribution is -0.134. The molecule has 0 aliphatic carbocycles. The Morgan fingerprint density at radius 3 is 2.57 bits per heavy atom. The van der Waals surface area contributed by atoms with Gasteiger partial charge in [0.15, 0.2) is 12.3 Å². The zero-order valence-electron chi connectivity index (χ0n) is 12.8. The molecule has 2 heterocycles. The highest BCUT2D eigenvalue weighted by molar-refractivity contribution is 5.92. The highest BCUT2D eigenvalue weighted by Gasteiger charge is 2.19. The van der Waals surface area contributed by atoms with Crippen LogP contribution >= 0.6 is 0 Å². The largest absolute Gasteiger partial charge is 0.468 e. The van der Waals surface area contributed by atoms with Crippen LogP contribution in [0, 0.1) is 0 Å². The van der Waals surface area contributed by atoms with E-state index in [1.165, 1.54) is 16.0 Å². The molecule has 1 aliphatic heterocycles. The molecule has 7 nitrogen and oxygen atoms in total. The Bertz CT molecular complexity index is 518. The Morgan fingerprint density at radius 2 is 1.95 bits per heavy atom. The van der Waals surface area contributed by atoms with Crippen LogP contribution in [0.3, 0.4) is 0 Å². The molecule has 1 aromatic rings. The number of hydrogen-bond donors (Lipinski definition) is 0. The monoisotopic (exact) mass is 294 g/mol. The van der Waals surface area contributed by atoms with E-state index >= 15 is 0 Å². The molecule has 2 amide bonds. The minimum atomic E-state index is -0.192. The first-order valence-corrected chi connectivity index (χ1v) is 7.15. The average Bonchev–Trinajstić information content (AvgIpc) is 2.85. The summed E-state index contributed by atoms with van der Waals surface area (Å²) >= 11 is 0. The molecule has 116 valence electrons. The van der Waals surface area contributed by atoms with Gasteiger partial charge in [0.1, 0.15) is 0 Å². The molecule has 0 saturated carbocycles. The molecule has 0 bridgehead atoms. The summed E-state index contributed by atoms with van der Waals surface area (Å²) in [6.07, 6.45) is 3.29. The molecule has 1 fully saturated rings. The van der Waals surface area contributed by atoms with Crippen molar-refractivity contribution in [1.82, 2.24) is 19.6 Å². The molecular weight excluding hydrogens is 272 g/mol. The topological polar surface area (TPSA) is 67.7 Å². The summed E-state index contributed by atoms with van der Waals surface area (Å²) in [5.41, 5.74) is 0.308. The quantitative estimate of drug-likeness (QED) is 0.811. The van der Waals surface area contributed by atoms with E-state index < -0.39 is 0 Å². The molecule has 0 N–H and O–H groups in total. The zero-order valence-corrected chi connectivity index (χ0v) is 12.8. The molecule has 7 heteroatoms. The molecule has 1 saturated heterocycles. The Balaban J connectivity index is 1.93. The van der Waals surface area contributed by atoms with Gasteiger partial charge in [0, 0.05) is 40.3 Å². The number of piperidine rings is 1. The van der Waals surface area contributed by atoms with Gasteiger partial charge in [-0.1, -0.05) is 0 Å². The van der Waals surface area contributed by atoms with Crippen LogP contribution in [0.5, 0.6) is 5.88 Å². The predicted octanol–water partition coefficient (Wildman–Crippen LogP) is 0.513. The van der Waals surface area contributed by atoms with Gasteiger partial charge in [0.05, 0.1) is 0 Å². The van der Waals surface area contributed by atoms with Crippen molar-refractivity contribution >= 4 is 11.8 Å². The molecule has 0 spiro atoms. The number of aryl methyl sites for hydroxylation is 1. The second-order valence-corrected chi connectivity index (χ2v) is 5.42. The van der Waals surface area contributed by atoms with Gasteiger partial charge in [0.2, 0.25) is 5.88 Å². The van der Waals surface area contributed by atoms with Gasteiger partial charge in [0.25, 0.3) is 11.8 Å². The van der Waals surface area contributed by atoms with Crippen molar-refractivity contribution in [2.24, 2.45) is 7.05 Å². The number of nitrogens with zero attached hydrogens (tertiary/aromatic N) is 4. The lowest BCUT2D eigenvalue weighted by Crippen LogP contribution is -2.38. The molecule has 2 rings (SSSR count). The minimum absolute atomic E-state index is 0.0172. The summed E-state index contributed by atoms with van der Waals surface area (Å²) in [4.78, 5) is 27.1. The fourth-order valence-electron chi connectivity index (χ4n) is 2.29. The van der Waals surface area contributed by atoms with Gasteiger partial charge >= 0.3 is 0 Å². The number of hydrogen-bond acceptors (Lipinski definition) is 4. The van der Waals surface area contributed by atoms with Crippen LogP contribution in [0.1, 0.15) is 29.8 Å². The van der Waals surface area contributed by atoms with Crippen LogP contribution in [-0.4, -0.2) is 65.2 Å². The van der Waals surface area contributed by atoms with Crippen LogP contribution in [0.4, 0.5) is 0 Å². The second-order valence-electron chi connectivity index (χ2n) is 5.42. The number of amides is 2. The first-order valence-electron chi connectivity index (χ1n) is 7.15. The second kappa shape index (κ2) is 6.60. The van der Waals surface area contributed by atoms with Gasteiger partial charge in [-0.2, -0.15) is 5.10 Å². The van der Waals surface area contributed by atoms with Gasteiger partial charge in [-0.25, -0.2) is 4.68 Å². The fourth-order valence-corrected chi connectivity index (χ4v) is 2.29. The Kier molecular flexibility index (Phi) is 4.82. The number of aromatic nitrogens is 2. The molecule has 21 heavy (non-hydrogen) atoms. The first-order chi connectivity index (χ1) is 9.99. The van der Waals surface area contributed by atoms with Crippen molar-refractivity contribution in [3.8, 4) is 5.88 Å². The third kappa shape index (κ3) is 3.74. The summed E-state index contributed by atoms with van der Waals surface area (Å²) in [5, 5.41) is 4.10. The number of likely N-dealkylation sites (tertiary alicyclic amines) is 1. The van der Waals surface area contributed by atoms with Crippen molar-refractivity contribution in [1.29, 1.82) is 0 Å². The zero-order chi connectivity index (χ0) is 15.4. The van der Waals surface area contributed by atoms with Gasteiger partial charge in [-0.3, -0.25) is 9.59 Å². The fraction of sp³-hybridized carbons (Fsp3) is 0.643. The summed E-state index contributed by atoms with van der Waals surface area (Å²) in [6, 6.07) is 1.56. The molecule has 0 aromatic carbocycles. The lowest BCUT2D eigenvalue weighted by atomic mass is 10.1. The maximum Gasteiger partial charge on any atom is 0.273 e. The molecule has 0 unspecified atom stereocenters. The van der Waals surface area contributed by atoms with Crippen LogP contribution in [0.25, 0.3) is 0 Å². The van der Waals surface area contributed by atoms with Crippen molar-refractivity contribution in [3.05, 3.63) is 11.8 Å². The summed E-state index contributed by atoms with van der Waals surface area (Å²) in [5.74, 6) is 0.213. The van der Waals surface area contributed by atoms with Gasteiger partial charge in [-0.05, 0) is 19.3 Å². The maximum absolute atomic E-state index is 12.0. The summed E-state index contributed by atoms with van der Waals surface area (Å²) in [6.45, 7) is 1.59. The van der Waals surface area contributed by atoms with Crippen molar-refractivity contribution in [2.75, 3.05) is 33.8 Å². The van der Waals surface area contributed by atoms with Crippen LogP contribution in [-0.2, 0) is 11.8 Å². The van der Waals surface area contributed by atoms with Crippen molar-refractivity contribution < 1.29 is 14.3 Å². The van der Waals surface area contributed by atoms with E-state index in [0.29, 0.717) is 11.6 Å². The van der Waals surface area contributed by atoms with E-state index in [9.17, 15) is 9.59 Å². The Hall–Kier alpha value is -2.05. The first kappa shape index (κ1) is 15.3. The van der Waals surface area contributed by atoms with E-state index in [0.717, 1.165) is 25.9 Å². The minimum Gasteiger partial charge on any atom is -0.468 e. The standard InChI is InChI=1S/C14H22N4O3/c1-16(2)14(20)11-9-13(17(3)15-11)21-10-12(19)18-7-5-4-6-8-18/h9H,4-8,10H2,1-3H3. The van der Waals surface area contributed by atoms with Gasteiger partial charge in [-0.15, -0.1) is 0 Å². The van der Waals surface area contributed by atoms with Crippen molar-refractivity contribution in [2.45, 2.75) is 19.3 Å². The third-order valence-corrected chi connectivity index (χ3v) is 3.51. The smallest absolute Gasteiger partial charge is 0.273 e. The van der Waals surface area contributed by atoms with E-state index in [1.807, 2.05) is 4.90 Å². The maximum atomic E-state index is 12.0. The van der Waals surface area contributed by atoms with Crippen molar-refractivity contribution in [3.63, 3.8) is 0 Å². The molecular formula is C14H22N4O3. The van der Waals surface area contributed by atoms with Crippen LogP contribution in [0.2, 0.25) is 0 Å². The SMILES string of the molecule is CN(C)C(=O)c1cc(OCC(=O)N2CCCCC2)n(C)n1. The molecule has 0 radical (unpaired) electrons. The van der Waals surface area contributed by atoms with E-state index in [1.54, 1.807) is 27.2 Å². The van der Waals surface area contributed by atoms with Crippen LogP contribution < -0.4 is 4.74 Å². The van der Waals surface area contributed by atoms with E-state index in [2.05, 4.69) is 5.10 Å². The average molecular weight is 294 g/mol. The Labute approximate surface area is 124 Å². The third-order valence-electron chi connectivity index (χ3n) is 3.51. The molecule has 0 atom stereocenters. The number of carbonyl (C=O) groups excluding carboxylic acids is 2. The predicted molar refractivity (Wildman–Crippen MR) is 77.2 cm³/mol. The Morgan fingerprint density at radius 1 is 1.29 bits per heavy atom. The van der Waals surface area contributed by atoms with Gasteiger partial charge < -0.3 is 14.5 Å².